The molecule has 1 N–H and O–H groups in total. The van der Waals surface area contributed by atoms with Gasteiger partial charge in [-0.3, -0.25) is 4.90 Å². The van der Waals surface area contributed by atoms with E-state index in [4.69, 9.17) is 14.7 Å². The van der Waals surface area contributed by atoms with E-state index in [1.165, 1.54) is 0 Å². The second-order valence-electron chi connectivity index (χ2n) is 6.30. The summed E-state index contributed by atoms with van der Waals surface area (Å²) in [6.45, 7) is 3.62. The standard InChI is InChI=1S/C18H24N2O3/c19-12-14-4-1-2-7-18(14)23-11-9-20-8-10-22-13-16(20)15-5-3-6-17(15)21/h1-2,4,7,15-17,21H,3,5-6,8-11,13H2/t15-,16-,17-/m1/s1. The number of ether oxygens (including phenoxy) is 2. The predicted molar refractivity (Wildman–Crippen MR) is 86.2 cm³/mol. The number of aliphatic hydroxyl groups is 1. The van der Waals surface area contributed by atoms with Gasteiger partial charge in [0, 0.05) is 25.0 Å². The number of morpholine rings is 1. The molecule has 2 fully saturated rings. The summed E-state index contributed by atoms with van der Waals surface area (Å²) in [6.07, 6.45) is 2.87. The van der Waals surface area contributed by atoms with Crippen molar-refractivity contribution in [3.05, 3.63) is 29.8 Å². The zero-order chi connectivity index (χ0) is 16.1. The zero-order valence-corrected chi connectivity index (χ0v) is 13.4. The normalized spacial score (nSPS) is 28.4. The van der Waals surface area contributed by atoms with Gasteiger partial charge in [0.2, 0.25) is 0 Å². The van der Waals surface area contributed by atoms with Gasteiger partial charge in [-0.1, -0.05) is 18.6 Å². The number of hydrogen-bond acceptors (Lipinski definition) is 5. The molecule has 1 saturated heterocycles. The molecular formula is C18H24N2O3. The van der Waals surface area contributed by atoms with Gasteiger partial charge in [0.15, 0.2) is 0 Å². The third-order valence-electron chi connectivity index (χ3n) is 4.95. The molecule has 5 nitrogen and oxygen atoms in total. The van der Waals surface area contributed by atoms with E-state index in [0.717, 1.165) is 39.0 Å². The molecule has 23 heavy (non-hydrogen) atoms. The average Bonchev–Trinajstić information content (AvgIpc) is 3.01. The summed E-state index contributed by atoms with van der Waals surface area (Å²) in [5.74, 6) is 0.947. The summed E-state index contributed by atoms with van der Waals surface area (Å²) in [4.78, 5) is 2.37. The van der Waals surface area contributed by atoms with Crippen LogP contribution in [0.2, 0.25) is 0 Å². The Morgan fingerprint density at radius 1 is 1.35 bits per heavy atom. The van der Waals surface area contributed by atoms with Gasteiger partial charge in [0.05, 0.1) is 24.9 Å². The van der Waals surface area contributed by atoms with E-state index in [2.05, 4.69) is 11.0 Å². The van der Waals surface area contributed by atoms with E-state index >= 15 is 0 Å². The van der Waals surface area contributed by atoms with Crippen molar-refractivity contribution in [2.24, 2.45) is 5.92 Å². The second kappa shape index (κ2) is 7.78. The van der Waals surface area contributed by atoms with E-state index in [1.54, 1.807) is 6.07 Å². The number of hydrogen-bond donors (Lipinski definition) is 1. The third kappa shape index (κ3) is 3.84. The van der Waals surface area contributed by atoms with Gasteiger partial charge in [-0.05, 0) is 25.0 Å². The van der Waals surface area contributed by atoms with Crippen molar-refractivity contribution in [1.29, 1.82) is 5.26 Å². The number of benzene rings is 1. The monoisotopic (exact) mass is 316 g/mol. The predicted octanol–water partition coefficient (Wildman–Crippen LogP) is 1.80. The van der Waals surface area contributed by atoms with Crippen LogP contribution >= 0.6 is 0 Å². The maximum Gasteiger partial charge on any atom is 0.137 e. The first-order valence-corrected chi connectivity index (χ1v) is 8.41. The van der Waals surface area contributed by atoms with E-state index in [0.29, 0.717) is 30.4 Å². The molecule has 0 unspecified atom stereocenters. The molecule has 0 spiro atoms. The lowest BCUT2D eigenvalue weighted by Gasteiger charge is -2.40. The van der Waals surface area contributed by atoms with Crippen LogP contribution in [0, 0.1) is 17.2 Å². The summed E-state index contributed by atoms with van der Waals surface area (Å²) in [5, 5.41) is 19.3. The molecule has 0 amide bonds. The van der Waals surface area contributed by atoms with Gasteiger partial charge in [-0.15, -0.1) is 0 Å². The van der Waals surface area contributed by atoms with Crippen molar-refractivity contribution < 1.29 is 14.6 Å². The fourth-order valence-corrected chi connectivity index (χ4v) is 3.70. The van der Waals surface area contributed by atoms with Crippen LogP contribution in [0.4, 0.5) is 0 Å². The summed E-state index contributed by atoms with van der Waals surface area (Å²) in [6, 6.07) is 9.74. The zero-order valence-electron chi connectivity index (χ0n) is 13.4. The maximum atomic E-state index is 10.2. The van der Waals surface area contributed by atoms with Crippen molar-refractivity contribution in [1.82, 2.24) is 4.90 Å². The Kier molecular flexibility index (Phi) is 5.50. The maximum absolute atomic E-state index is 10.2. The molecule has 1 saturated carbocycles. The average molecular weight is 316 g/mol. The Bertz CT molecular complexity index is 557. The fourth-order valence-electron chi connectivity index (χ4n) is 3.70. The molecule has 1 aromatic carbocycles. The fraction of sp³-hybridized carbons (Fsp3) is 0.611. The molecule has 1 heterocycles. The third-order valence-corrected chi connectivity index (χ3v) is 4.95. The minimum absolute atomic E-state index is 0.204. The topological polar surface area (TPSA) is 65.7 Å². The molecule has 0 aromatic heterocycles. The van der Waals surface area contributed by atoms with E-state index in [-0.39, 0.29) is 12.1 Å². The van der Waals surface area contributed by atoms with E-state index in [9.17, 15) is 5.11 Å². The SMILES string of the molecule is N#Cc1ccccc1OCCN1CCOC[C@@H]1[C@H]1CCC[C@H]1O. The molecule has 1 aliphatic carbocycles. The highest BCUT2D eigenvalue weighted by atomic mass is 16.5. The highest BCUT2D eigenvalue weighted by Crippen LogP contribution is 2.32. The number of nitriles is 1. The number of aliphatic hydroxyl groups excluding tert-OH is 1. The summed E-state index contributed by atoms with van der Waals surface area (Å²) < 4.78 is 11.4. The Hall–Kier alpha value is -1.61. The van der Waals surface area contributed by atoms with Crippen molar-refractivity contribution in [2.75, 3.05) is 32.9 Å². The minimum Gasteiger partial charge on any atom is -0.491 e. The molecule has 0 radical (unpaired) electrons. The molecule has 1 aliphatic heterocycles. The smallest absolute Gasteiger partial charge is 0.137 e. The van der Waals surface area contributed by atoms with Crippen molar-refractivity contribution >= 4 is 0 Å². The first-order chi connectivity index (χ1) is 11.3. The number of para-hydroxylation sites is 1. The van der Waals surface area contributed by atoms with Crippen LogP contribution in [0.3, 0.4) is 0 Å². The van der Waals surface area contributed by atoms with E-state index < -0.39 is 0 Å². The van der Waals surface area contributed by atoms with Crippen LogP contribution in [0.5, 0.6) is 5.75 Å². The van der Waals surface area contributed by atoms with Gasteiger partial charge in [0.25, 0.3) is 0 Å². The highest BCUT2D eigenvalue weighted by molar-refractivity contribution is 5.42. The van der Waals surface area contributed by atoms with Crippen LogP contribution in [0.25, 0.3) is 0 Å². The molecule has 3 atom stereocenters. The first-order valence-electron chi connectivity index (χ1n) is 8.41. The summed E-state index contributed by atoms with van der Waals surface area (Å²) in [7, 11) is 0. The molecule has 2 aliphatic rings. The van der Waals surface area contributed by atoms with Gasteiger partial charge < -0.3 is 14.6 Å². The highest BCUT2D eigenvalue weighted by Gasteiger charge is 2.37. The van der Waals surface area contributed by atoms with Crippen LogP contribution in [0.15, 0.2) is 24.3 Å². The Labute approximate surface area is 137 Å². The van der Waals surface area contributed by atoms with Gasteiger partial charge >= 0.3 is 0 Å². The van der Waals surface area contributed by atoms with Crippen molar-refractivity contribution in [2.45, 2.75) is 31.4 Å². The largest absolute Gasteiger partial charge is 0.491 e. The molecule has 124 valence electrons. The van der Waals surface area contributed by atoms with Crippen molar-refractivity contribution in [3.8, 4) is 11.8 Å². The van der Waals surface area contributed by atoms with Gasteiger partial charge in [-0.2, -0.15) is 5.26 Å². The van der Waals surface area contributed by atoms with Crippen LogP contribution < -0.4 is 4.74 Å². The van der Waals surface area contributed by atoms with Gasteiger partial charge in [-0.25, -0.2) is 0 Å². The number of rotatable bonds is 5. The Balaban J connectivity index is 1.56. The van der Waals surface area contributed by atoms with Crippen molar-refractivity contribution in [3.63, 3.8) is 0 Å². The van der Waals surface area contributed by atoms with E-state index in [1.807, 2.05) is 18.2 Å². The summed E-state index contributed by atoms with van der Waals surface area (Å²) in [5.41, 5.74) is 0.567. The lowest BCUT2D eigenvalue weighted by Crippen LogP contribution is -2.52. The minimum atomic E-state index is -0.204. The quantitative estimate of drug-likeness (QED) is 0.897. The number of nitrogens with zero attached hydrogens (tertiary/aromatic N) is 2. The lowest BCUT2D eigenvalue weighted by molar-refractivity contribution is -0.0532. The molecule has 3 rings (SSSR count). The molecule has 1 aromatic rings. The van der Waals surface area contributed by atoms with Gasteiger partial charge in [0.1, 0.15) is 18.4 Å². The summed E-state index contributed by atoms with van der Waals surface area (Å²) >= 11 is 0. The van der Waals surface area contributed by atoms with Crippen LogP contribution in [0.1, 0.15) is 24.8 Å². The second-order valence-corrected chi connectivity index (χ2v) is 6.30. The van der Waals surface area contributed by atoms with Crippen LogP contribution in [-0.4, -0.2) is 55.1 Å². The molecule has 5 heteroatoms. The molecular weight excluding hydrogens is 292 g/mol. The van der Waals surface area contributed by atoms with Crippen LogP contribution in [-0.2, 0) is 4.74 Å². The Morgan fingerprint density at radius 3 is 3.00 bits per heavy atom. The lowest BCUT2D eigenvalue weighted by atomic mass is 9.94. The Morgan fingerprint density at radius 2 is 2.22 bits per heavy atom. The molecule has 0 bridgehead atoms. The first kappa shape index (κ1) is 16.3.